The number of carboxylic acids is 1. The molecule has 0 aliphatic carbocycles. The highest BCUT2D eigenvalue weighted by Gasteiger charge is 2.26. The highest BCUT2D eigenvalue weighted by atomic mass is 19.4. The summed E-state index contributed by atoms with van der Waals surface area (Å²) < 4.78 is 35.2. The van der Waals surface area contributed by atoms with Crippen molar-refractivity contribution in [2.24, 2.45) is 5.92 Å². The van der Waals surface area contributed by atoms with Crippen LogP contribution in [0.15, 0.2) is 0 Å². The first-order chi connectivity index (χ1) is 8.20. The number of nitrogens with one attached hydrogen (secondary N) is 2. The third-order valence-electron chi connectivity index (χ3n) is 2.11. The molecule has 0 saturated carbocycles. The molecule has 0 heterocycles. The highest BCUT2D eigenvalue weighted by molar-refractivity contribution is 5.77. The molecule has 0 aliphatic rings. The van der Waals surface area contributed by atoms with Gasteiger partial charge in [0.1, 0.15) is 0 Å². The lowest BCUT2D eigenvalue weighted by atomic mass is 10.1. The van der Waals surface area contributed by atoms with Crippen LogP contribution in [0.4, 0.5) is 13.2 Å². The van der Waals surface area contributed by atoms with Crippen molar-refractivity contribution in [1.29, 1.82) is 0 Å². The normalized spacial score (nSPS) is 13.1. The molecule has 0 spiro atoms. The fraction of sp³-hybridized carbons (Fsp3) is 0.800. The Hall–Kier alpha value is -1.31. The molecular weight excluding hydrogens is 253 g/mol. The highest BCUT2D eigenvalue weighted by Crippen LogP contribution is 2.11. The second-order valence-electron chi connectivity index (χ2n) is 4.06. The van der Waals surface area contributed by atoms with Crippen LogP contribution in [0.1, 0.15) is 19.8 Å². The van der Waals surface area contributed by atoms with E-state index in [1.54, 1.807) is 6.92 Å². The summed E-state index contributed by atoms with van der Waals surface area (Å²) in [6.45, 7) is 0.381. The van der Waals surface area contributed by atoms with Crippen molar-refractivity contribution in [1.82, 2.24) is 10.6 Å². The zero-order chi connectivity index (χ0) is 14.2. The molecule has 18 heavy (non-hydrogen) atoms. The van der Waals surface area contributed by atoms with Gasteiger partial charge < -0.3 is 15.7 Å². The fourth-order valence-electron chi connectivity index (χ4n) is 1.14. The molecule has 0 radical (unpaired) electrons. The molecule has 0 aromatic rings. The van der Waals surface area contributed by atoms with E-state index in [1.165, 1.54) is 0 Å². The van der Waals surface area contributed by atoms with E-state index in [1.807, 2.05) is 5.32 Å². The van der Waals surface area contributed by atoms with Gasteiger partial charge in [-0.15, -0.1) is 0 Å². The minimum atomic E-state index is -4.34. The monoisotopic (exact) mass is 270 g/mol. The number of hydrogen-bond donors (Lipinski definition) is 3. The SMILES string of the molecule is CC(CCC(=O)O)CNC(=O)CNCC(F)(F)F. The molecule has 0 fully saturated rings. The number of amides is 1. The number of hydrogen-bond acceptors (Lipinski definition) is 3. The zero-order valence-electron chi connectivity index (χ0n) is 10.0. The van der Waals surface area contributed by atoms with Crippen LogP contribution in [0.25, 0.3) is 0 Å². The smallest absolute Gasteiger partial charge is 0.401 e. The van der Waals surface area contributed by atoms with Crippen LogP contribution in [0.5, 0.6) is 0 Å². The standard InChI is InChI=1S/C10H17F3N2O3/c1-7(2-3-9(17)18)4-15-8(16)5-14-6-10(11,12)13/h7,14H,2-6H2,1H3,(H,15,16)(H,17,18). The molecular formula is C10H17F3N2O3. The van der Waals surface area contributed by atoms with Crippen molar-refractivity contribution in [3.63, 3.8) is 0 Å². The van der Waals surface area contributed by atoms with E-state index in [0.717, 1.165) is 0 Å². The van der Waals surface area contributed by atoms with Crippen molar-refractivity contribution >= 4 is 11.9 Å². The Bertz CT molecular complexity index is 282. The van der Waals surface area contributed by atoms with Crippen molar-refractivity contribution in [2.45, 2.75) is 25.9 Å². The van der Waals surface area contributed by atoms with E-state index in [-0.39, 0.29) is 18.9 Å². The molecule has 0 rings (SSSR count). The lowest BCUT2D eigenvalue weighted by molar-refractivity contribution is -0.137. The van der Waals surface area contributed by atoms with E-state index in [4.69, 9.17) is 5.11 Å². The fourth-order valence-corrected chi connectivity index (χ4v) is 1.14. The molecule has 0 saturated heterocycles. The van der Waals surface area contributed by atoms with Crippen molar-refractivity contribution < 1.29 is 27.9 Å². The molecule has 106 valence electrons. The summed E-state index contributed by atoms with van der Waals surface area (Å²) in [5.41, 5.74) is 0. The first-order valence-corrected chi connectivity index (χ1v) is 5.46. The average molecular weight is 270 g/mol. The van der Waals surface area contributed by atoms with Gasteiger partial charge in [0.15, 0.2) is 0 Å². The maximum absolute atomic E-state index is 11.7. The van der Waals surface area contributed by atoms with Gasteiger partial charge >= 0.3 is 12.1 Å². The maximum Gasteiger partial charge on any atom is 0.401 e. The molecule has 0 aromatic heterocycles. The van der Waals surface area contributed by atoms with E-state index >= 15 is 0 Å². The molecule has 1 unspecified atom stereocenters. The molecule has 0 aromatic carbocycles. The van der Waals surface area contributed by atoms with Gasteiger partial charge in [-0.05, 0) is 12.3 Å². The van der Waals surface area contributed by atoms with Crippen LogP contribution < -0.4 is 10.6 Å². The summed E-state index contributed by atoms with van der Waals surface area (Å²) in [4.78, 5) is 21.4. The molecule has 3 N–H and O–H groups in total. The van der Waals surface area contributed by atoms with Gasteiger partial charge in [-0.2, -0.15) is 13.2 Å². The second-order valence-corrected chi connectivity index (χ2v) is 4.06. The van der Waals surface area contributed by atoms with Gasteiger partial charge in [0.05, 0.1) is 13.1 Å². The van der Waals surface area contributed by atoms with Gasteiger partial charge in [0, 0.05) is 13.0 Å². The number of halogens is 3. The van der Waals surface area contributed by atoms with E-state index < -0.39 is 31.1 Å². The predicted octanol–water partition coefficient (Wildman–Crippen LogP) is 0.755. The first-order valence-electron chi connectivity index (χ1n) is 5.46. The first kappa shape index (κ1) is 16.7. The molecule has 0 bridgehead atoms. The quantitative estimate of drug-likeness (QED) is 0.608. The molecule has 0 aliphatic heterocycles. The van der Waals surface area contributed by atoms with Gasteiger partial charge in [-0.3, -0.25) is 9.59 Å². The van der Waals surface area contributed by atoms with Crippen molar-refractivity contribution in [3.8, 4) is 0 Å². The lowest BCUT2D eigenvalue weighted by Crippen LogP contribution is -2.39. The Labute approximate surface area is 103 Å². The molecule has 1 atom stereocenters. The summed E-state index contributed by atoms with van der Waals surface area (Å²) in [6.07, 6.45) is -3.93. The number of alkyl halides is 3. The third-order valence-corrected chi connectivity index (χ3v) is 2.11. The van der Waals surface area contributed by atoms with Gasteiger partial charge in [-0.25, -0.2) is 0 Å². The van der Waals surface area contributed by atoms with E-state index in [9.17, 15) is 22.8 Å². The van der Waals surface area contributed by atoms with Crippen LogP contribution in [0.3, 0.4) is 0 Å². The number of carboxylic acid groups (broad SMARTS) is 1. The Morgan fingerprint density at radius 2 is 1.94 bits per heavy atom. The number of aliphatic carboxylic acids is 1. The summed E-state index contributed by atoms with van der Waals surface area (Å²) in [7, 11) is 0. The van der Waals surface area contributed by atoms with E-state index in [2.05, 4.69) is 5.32 Å². The second kappa shape index (κ2) is 7.91. The topological polar surface area (TPSA) is 78.4 Å². The van der Waals surface area contributed by atoms with Gasteiger partial charge in [0.25, 0.3) is 0 Å². The lowest BCUT2D eigenvalue weighted by Gasteiger charge is -2.12. The molecule has 1 amide bonds. The Morgan fingerprint density at radius 3 is 2.44 bits per heavy atom. The van der Waals surface area contributed by atoms with Crippen LogP contribution >= 0.6 is 0 Å². The third kappa shape index (κ3) is 11.2. The predicted molar refractivity (Wildman–Crippen MR) is 58.0 cm³/mol. The average Bonchev–Trinajstić information content (AvgIpc) is 2.21. The summed E-state index contributed by atoms with van der Waals surface area (Å²) in [5.74, 6) is -1.49. The van der Waals surface area contributed by atoms with Crippen LogP contribution in [0, 0.1) is 5.92 Å². The van der Waals surface area contributed by atoms with Crippen LogP contribution in [0.2, 0.25) is 0 Å². The minimum absolute atomic E-state index is 0.00333. The van der Waals surface area contributed by atoms with Gasteiger partial charge in [0.2, 0.25) is 5.91 Å². The summed E-state index contributed by atoms with van der Waals surface area (Å²) in [6, 6.07) is 0. The maximum atomic E-state index is 11.7. The van der Waals surface area contributed by atoms with Crippen LogP contribution in [-0.4, -0.2) is 42.8 Å². The van der Waals surface area contributed by atoms with Crippen molar-refractivity contribution in [2.75, 3.05) is 19.6 Å². The Balaban J connectivity index is 3.61. The number of rotatable bonds is 8. The Morgan fingerprint density at radius 1 is 1.33 bits per heavy atom. The summed E-state index contributed by atoms with van der Waals surface area (Å²) >= 11 is 0. The largest absolute Gasteiger partial charge is 0.481 e. The summed E-state index contributed by atoms with van der Waals surface area (Å²) in [5, 5.41) is 12.8. The van der Waals surface area contributed by atoms with Crippen LogP contribution in [-0.2, 0) is 9.59 Å². The zero-order valence-corrected chi connectivity index (χ0v) is 10.0. The van der Waals surface area contributed by atoms with Gasteiger partial charge in [-0.1, -0.05) is 6.92 Å². The number of carbonyl (C=O) groups excluding carboxylic acids is 1. The molecule has 8 heteroatoms. The minimum Gasteiger partial charge on any atom is -0.481 e. The van der Waals surface area contributed by atoms with E-state index in [0.29, 0.717) is 6.42 Å². The Kier molecular flexibility index (Phi) is 7.33. The number of carbonyl (C=O) groups is 2. The van der Waals surface area contributed by atoms with Crippen molar-refractivity contribution in [3.05, 3.63) is 0 Å². The molecule has 5 nitrogen and oxygen atoms in total.